The van der Waals surface area contributed by atoms with Crippen LogP contribution in [0.1, 0.15) is 0 Å². The Kier molecular flexibility index (Phi) is 119. The van der Waals surface area contributed by atoms with E-state index in [0.717, 1.165) is 0 Å². The van der Waals surface area contributed by atoms with Gasteiger partial charge in [0.2, 0.25) is 0 Å². The van der Waals surface area contributed by atoms with Gasteiger partial charge in [0.15, 0.2) is 0 Å². The summed E-state index contributed by atoms with van der Waals surface area (Å²) in [5.41, 5.74) is 0. The van der Waals surface area contributed by atoms with Gasteiger partial charge in [0, 0.05) is 0 Å². The van der Waals surface area contributed by atoms with Crippen LogP contribution in [0, 0.1) is 0 Å². The van der Waals surface area contributed by atoms with Gasteiger partial charge in [0.25, 0.3) is 0 Å². The summed E-state index contributed by atoms with van der Waals surface area (Å²) in [6.45, 7) is 0. The average Bonchev–Trinajstić information content (AvgIpc) is 1.94. The van der Waals surface area contributed by atoms with E-state index in [0.29, 0.717) is 0 Å². The van der Waals surface area contributed by atoms with E-state index >= 15 is 0 Å². The Hall–Kier alpha value is 3.95. The third-order valence-corrected chi connectivity index (χ3v) is 0. The monoisotopic (exact) mass is 923 g/mol. The first kappa shape index (κ1) is 56.5. The summed E-state index contributed by atoms with van der Waals surface area (Å²) in [4.78, 5) is 0. The van der Waals surface area contributed by atoms with Crippen LogP contribution in [-0.2, 0) is 18.9 Å². The minimum atomic E-state index is -4.08. The minimum Gasteiger partial charge on any atom is 2.00 e. The fourth-order valence-electron chi connectivity index (χ4n) is 0. The van der Waals surface area contributed by atoms with Crippen LogP contribution >= 0.6 is 0 Å². The maximum absolute atomic E-state index is 8.58. The molecule has 24 heavy (non-hydrogen) atoms. The zero-order valence-electron chi connectivity index (χ0n) is 11.2. The molecule has 15 nitrogen and oxygen atoms in total. The van der Waals surface area contributed by atoms with E-state index in [2.05, 4.69) is 0 Å². The molecule has 0 aliphatic heterocycles. The van der Waals surface area contributed by atoms with Crippen molar-refractivity contribution in [3.05, 3.63) is 0 Å². The van der Waals surface area contributed by atoms with E-state index in [9.17, 15) is 0 Å². The van der Waals surface area contributed by atoms with Crippen molar-refractivity contribution in [3.63, 3.8) is 0 Å². The Morgan fingerprint density at radius 3 is 0.333 bits per heavy atom. The summed E-state index contributed by atoms with van der Waals surface area (Å²) < 4.78 is 129. The van der Waals surface area contributed by atoms with E-state index in [1.807, 2.05) is 0 Å². The van der Waals surface area contributed by atoms with Crippen LogP contribution in [-0.4, -0.2) is 205 Å². The van der Waals surface area contributed by atoms with Crippen LogP contribution in [0.5, 0.6) is 0 Å². The largest absolute Gasteiger partial charge is 2.00 e. The second-order valence-corrected chi connectivity index (χ2v) is 6.50. The van der Waals surface area contributed by atoms with Crippen molar-refractivity contribution in [2.45, 2.75) is 0 Å². The number of rotatable bonds is 0. The van der Waals surface area contributed by atoms with Gasteiger partial charge in [-0.3, -0.25) is 0 Å². The van der Waals surface area contributed by atoms with Crippen molar-refractivity contribution in [2.24, 2.45) is 0 Å². The van der Waals surface area contributed by atoms with E-state index in [4.69, 9.17) is 60.2 Å². The van der Waals surface area contributed by atoms with Gasteiger partial charge in [-0.25, -0.2) is 0 Å². The van der Waals surface area contributed by atoms with Crippen molar-refractivity contribution in [2.75, 3.05) is 0 Å². The standard InChI is InChI=1S/2Ga.5GeO3.2Sr/c;;5*2-1(3)4;;/q2*+3;5*-2;2*+2. The van der Waals surface area contributed by atoms with Gasteiger partial charge >= 0.3 is 266 Å². The van der Waals surface area contributed by atoms with Crippen molar-refractivity contribution in [3.8, 4) is 0 Å². The van der Waals surface area contributed by atoms with E-state index < -0.39 is 74.8 Å². The molecule has 0 N–H and O–H groups in total. The quantitative estimate of drug-likeness (QED) is 0.204. The Morgan fingerprint density at radius 1 is 0.333 bits per heavy atom. The zero-order chi connectivity index (χ0) is 17.9. The average molecular weight is 918 g/mol. The Morgan fingerprint density at radius 2 is 0.333 bits per heavy atom. The van der Waals surface area contributed by atoms with Crippen LogP contribution in [0.4, 0.5) is 0 Å². The molecule has 0 radical (unpaired) electrons. The maximum atomic E-state index is 8.58. The summed E-state index contributed by atoms with van der Waals surface area (Å²) >= 11 is -20.4. The van der Waals surface area contributed by atoms with Crippen molar-refractivity contribution in [1.29, 1.82) is 0 Å². The normalized spacial score (nSPS) is 5.00. The van der Waals surface area contributed by atoms with Gasteiger partial charge in [-0.15, -0.1) is 0 Å². The van der Waals surface area contributed by atoms with Gasteiger partial charge in [-0.05, 0) is 0 Å². The molecule has 0 bridgehead atoms. The zero-order valence-corrected chi connectivity index (χ0v) is 33.5. The van der Waals surface area contributed by atoms with Crippen LogP contribution in [0.2, 0.25) is 0 Å². The molecule has 0 saturated heterocycles. The first-order valence-electron chi connectivity index (χ1n) is 3.06. The third kappa shape index (κ3) is 1040. The molecule has 120 valence electrons. The molecule has 0 aliphatic rings. The summed E-state index contributed by atoms with van der Waals surface area (Å²) in [7, 11) is 0. The Bertz CT molecular complexity index is 221. The fourth-order valence-corrected chi connectivity index (χ4v) is 0. The smallest absolute Gasteiger partial charge is 2.00 e. The molecule has 0 aromatic carbocycles. The molecular weight excluding hydrogens is 918 g/mol. The van der Waals surface area contributed by atoms with Crippen LogP contribution < -0.4 is 41.3 Å². The first-order chi connectivity index (χ1) is 8.66. The molecule has 0 saturated carbocycles. The molecule has 0 fully saturated rings. The number of hydrogen-bond donors (Lipinski definition) is 0. The second kappa shape index (κ2) is 50.5. The topological polar surface area (TPSA) is 316 Å². The van der Waals surface area contributed by atoms with Crippen LogP contribution in [0.25, 0.3) is 0 Å². The Balaban J connectivity index is -0.0000000161. The summed E-state index contributed by atoms with van der Waals surface area (Å²) in [5.74, 6) is 0. The van der Waals surface area contributed by atoms with Crippen molar-refractivity contribution in [1.82, 2.24) is 0 Å². The molecule has 0 aromatic rings. The van der Waals surface area contributed by atoms with Gasteiger partial charge < -0.3 is 0 Å². The molecule has 0 rings (SSSR count). The molecule has 0 heterocycles. The number of hydrogen-bond acceptors (Lipinski definition) is 15. The molecule has 0 aromatic heterocycles. The van der Waals surface area contributed by atoms with Crippen molar-refractivity contribution >= 4 is 205 Å². The van der Waals surface area contributed by atoms with Gasteiger partial charge in [0.05, 0.1) is 0 Å². The predicted octanol–water partition coefficient (Wildman–Crippen LogP) is -15.9. The molecule has 0 spiro atoms. The van der Waals surface area contributed by atoms with E-state index in [1.165, 1.54) is 0 Å². The molecule has 24 heteroatoms. The Labute approximate surface area is 259 Å². The molecular formula is Ga2Ge5O15Sr2. The summed E-state index contributed by atoms with van der Waals surface area (Å²) in [6.07, 6.45) is 0. The third-order valence-electron chi connectivity index (χ3n) is 0. The van der Waals surface area contributed by atoms with E-state index in [-0.39, 0.29) is 131 Å². The maximum Gasteiger partial charge on any atom is 2.00 e. The van der Waals surface area contributed by atoms with Gasteiger partial charge in [-0.2, -0.15) is 0 Å². The van der Waals surface area contributed by atoms with Gasteiger partial charge in [0.1, 0.15) is 0 Å². The van der Waals surface area contributed by atoms with Crippen molar-refractivity contribution < 1.29 is 60.2 Å². The molecule has 0 unspecified atom stereocenters. The van der Waals surface area contributed by atoms with Crippen LogP contribution in [0.3, 0.4) is 0 Å². The molecule has 0 amide bonds. The minimum absolute atomic E-state index is 0. The molecule has 0 aliphatic carbocycles. The second-order valence-electron chi connectivity index (χ2n) is 1.25. The van der Waals surface area contributed by atoms with E-state index in [1.54, 1.807) is 0 Å². The SMILES string of the molecule is [Ga+3].[Ga+3].[O]=[Ge]([O-])[O-].[O]=[Ge]([O-])[O-].[O]=[Ge]([O-])[O-].[O]=[Ge]([O-])[O-].[O]=[Ge]([O-])[O-].[Sr+2].[Sr+2]. The summed E-state index contributed by atoms with van der Waals surface area (Å²) in [6, 6.07) is 0. The fraction of sp³-hybridized carbons (Fsp3) is 0. The first-order valence-corrected chi connectivity index (χ1v) is 15.9. The van der Waals surface area contributed by atoms with Crippen LogP contribution in [0.15, 0.2) is 0 Å². The predicted molar refractivity (Wildman–Crippen MR) is 55.2 cm³/mol. The summed E-state index contributed by atoms with van der Waals surface area (Å²) in [5, 5.41) is 0. The van der Waals surface area contributed by atoms with Gasteiger partial charge in [-0.1, -0.05) is 0 Å². The molecule has 0 atom stereocenters.